The van der Waals surface area contributed by atoms with Gasteiger partial charge in [-0.2, -0.15) is 5.10 Å². The Morgan fingerprint density at radius 1 is 1.32 bits per heavy atom. The van der Waals surface area contributed by atoms with Crippen LogP contribution in [0.25, 0.3) is 11.3 Å². The Hall–Kier alpha value is -2.04. The third-order valence-electron chi connectivity index (χ3n) is 2.86. The Morgan fingerprint density at radius 3 is 2.47 bits per heavy atom. The van der Waals surface area contributed by atoms with E-state index >= 15 is 0 Å². The molecule has 2 aromatic rings. The van der Waals surface area contributed by atoms with Crippen molar-refractivity contribution in [1.29, 1.82) is 0 Å². The first-order chi connectivity index (χ1) is 8.82. The highest BCUT2D eigenvalue weighted by atomic mass is 19.1. The smallest absolute Gasteiger partial charge is 0.165 e. The maximum atomic E-state index is 13.7. The van der Waals surface area contributed by atoms with E-state index in [0.717, 1.165) is 0 Å². The molecule has 0 spiro atoms. The van der Waals surface area contributed by atoms with Crippen molar-refractivity contribution >= 4 is 5.69 Å². The lowest BCUT2D eigenvalue weighted by atomic mass is 10.1. The van der Waals surface area contributed by atoms with Crippen molar-refractivity contribution in [1.82, 2.24) is 9.78 Å². The van der Waals surface area contributed by atoms with E-state index in [1.807, 2.05) is 20.8 Å². The molecule has 19 heavy (non-hydrogen) atoms. The third-order valence-corrected chi connectivity index (χ3v) is 2.86. The van der Waals surface area contributed by atoms with Gasteiger partial charge in [0.05, 0.1) is 18.3 Å². The monoisotopic (exact) mass is 263 g/mol. The van der Waals surface area contributed by atoms with Gasteiger partial charge < -0.3 is 10.5 Å². The molecule has 2 rings (SSSR count). The SMILES string of the molecule is COc1ccc(-c2nn(C(C)(C)C)cc2N)cc1F. The highest BCUT2D eigenvalue weighted by Crippen LogP contribution is 2.29. The fourth-order valence-electron chi connectivity index (χ4n) is 1.77. The summed E-state index contributed by atoms with van der Waals surface area (Å²) in [5.41, 5.74) is 7.53. The molecule has 0 saturated carbocycles. The van der Waals surface area contributed by atoms with Gasteiger partial charge in [-0.15, -0.1) is 0 Å². The van der Waals surface area contributed by atoms with Crippen molar-refractivity contribution in [2.75, 3.05) is 12.8 Å². The lowest BCUT2D eigenvalue weighted by Crippen LogP contribution is -2.22. The first-order valence-electron chi connectivity index (χ1n) is 6.02. The van der Waals surface area contributed by atoms with Crippen molar-refractivity contribution in [2.24, 2.45) is 0 Å². The van der Waals surface area contributed by atoms with Gasteiger partial charge in [0.15, 0.2) is 11.6 Å². The number of hydrogen-bond acceptors (Lipinski definition) is 3. The first kappa shape index (κ1) is 13.4. The molecular formula is C14H18FN3O. The van der Waals surface area contributed by atoms with E-state index in [0.29, 0.717) is 16.9 Å². The summed E-state index contributed by atoms with van der Waals surface area (Å²) in [5.74, 6) is -0.220. The van der Waals surface area contributed by atoms with E-state index in [1.165, 1.54) is 13.2 Å². The molecule has 0 bridgehead atoms. The van der Waals surface area contributed by atoms with Crippen molar-refractivity contribution in [3.63, 3.8) is 0 Å². The average Bonchev–Trinajstić information content (AvgIpc) is 2.71. The van der Waals surface area contributed by atoms with Gasteiger partial charge >= 0.3 is 0 Å². The van der Waals surface area contributed by atoms with Crippen LogP contribution in [-0.4, -0.2) is 16.9 Å². The van der Waals surface area contributed by atoms with E-state index in [1.54, 1.807) is 23.0 Å². The van der Waals surface area contributed by atoms with Crippen LogP contribution < -0.4 is 10.5 Å². The Kier molecular flexibility index (Phi) is 3.22. The number of hydrogen-bond donors (Lipinski definition) is 1. The van der Waals surface area contributed by atoms with Gasteiger partial charge in [0.1, 0.15) is 5.69 Å². The molecule has 0 aliphatic heterocycles. The predicted molar refractivity (Wildman–Crippen MR) is 73.6 cm³/mol. The molecule has 0 aliphatic rings. The number of rotatable bonds is 2. The van der Waals surface area contributed by atoms with Crippen LogP contribution in [0.4, 0.5) is 10.1 Å². The standard InChI is InChI=1S/C14H18FN3O/c1-14(2,3)18-8-11(16)13(17-18)9-5-6-12(19-4)10(15)7-9/h5-8H,16H2,1-4H3. The minimum absolute atomic E-state index is 0.169. The molecule has 0 unspecified atom stereocenters. The molecule has 1 aromatic heterocycles. The molecule has 0 amide bonds. The molecule has 4 nitrogen and oxygen atoms in total. The zero-order chi connectivity index (χ0) is 14.2. The van der Waals surface area contributed by atoms with Crippen LogP contribution in [0, 0.1) is 5.82 Å². The van der Waals surface area contributed by atoms with E-state index < -0.39 is 5.82 Å². The van der Waals surface area contributed by atoms with Gasteiger partial charge in [-0.25, -0.2) is 4.39 Å². The molecule has 2 N–H and O–H groups in total. The van der Waals surface area contributed by atoms with Crippen LogP contribution in [0.2, 0.25) is 0 Å². The van der Waals surface area contributed by atoms with Gasteiger partial charge in [0.25, 0.3) is 0 Å². The summed E-state index contributed by atoms with van der Waals surface area (Å²) < 4.78 is 20.4. The largest absolute Gasteiger partial charge is 0.494 e. The fourth-order valence-corrected chi connectivity index (χ4v) is 1.77. The maximum absolute atomic E-state index is 13.7. The van der Waals surface area contributed by atoms with Gasteiger partial charge in [0, 0.05) is 11.8 Å². The zero-order valence-electron chi connectivity index (χ0n) is 11.6. The molecule has 102 valence electrons. The van der Waals surface area contributed by atoms with Gasteiger partial charge in [-0.05, 0) is 39.0 Å². The van der Waals surface area contributed by atoms with Crippen molar-refractivity contribution in [3.8, 4) is 17.0 Å². The number of nitrogen functional groups attached to an aromatic ring is 1. The minimum atomic E-state index is -0.426. The topological polar surface area (TPSA) is 53.1 Å². The maximum Gasteiger partial charge on any atom is 0.165 e. The lowest BCUT2D eigenvalue weighted by molar-refractivity contribution is 0.356. The van der Waals surface area contributed by atoms with Crippen molar-refractivity contribution in [2.45, 2.75) is 26.3 Å². The molecule has 0 fully saturated rings. The van der Waals surface area contributed by atoms with Crippen LogP contribution >= 0.6 is 0 Å². The minimum Gasteiger partial charge on any atom is -0.494 e. The molecule has 0 radical (unpaired) electrons. The number of nitrogens with two attached hydrogens (primary N) is 1. The van der Waals surface area contributed by atoms with Gasteiger partial charge in [-0.1, -0.05) is 0 Å². The molecular weight excluding hydrogens is 245 g/mol. The summed E-state index contributed by atoms with van der Waals surface area (Å²) in [7, 11) is 1.43. The number of anilines is 1. The number of methoxy groups -OCH3 is 1. The van der Waals surface area contributed by atoms with E-state index in [2.05, 4.69) is 5.10 Å². The molecule has 0 atom stereocenters. The summed E-state index contributed by atoms with van der Waals surface area (Å²) in [5, 5.41) is 4.43. The van der Waals surface area contributed by atoms with Gasteiger partial charge in [-0.3, -0.25) is 4.68 Å². The zero-order valence-corrected chi connectivity index (χ0v) is 11.6. The number of benzene rings is 1. The number of ether oxygens (including phenoxy) is 1. The van der Waals surface area contributed by atoms with E-state index in [9.17, 15) is 4.39 Å². The normalized spacial score (nSPS) is 11.6. The molecule has 5 heteroatoms. The average molecular weight is 263 g/mol. The second-order valence-corrected chi connectivity index (χ2v) is 5.40. The Bertz CT molecular complexity index is 599. The summed E-state index contributed by atoms with van der Waals surface area (Å²) in [4.78, 5) is 0. The number of nitrogens with zero attached hydrogens (tertiary/aromatic N) is 2. The van der Waals surface area contributed by atoms with Crippen LogP contribution in [0.3, 0.4) is 0 Å². The van der Waals surface area contributed by atoms with Crippen molar-refractivity contribution < 1.29 is 9.13 Å². The summed E-state index contributed by atoms with van der Waals surface area (Å²) in [6, 6.07) is 4.69. The third kappa shape index (κ3) is 2.54. The molecule has 1 heterocycles. The second kappa shape index (κ2) is 4.57. The number of halogens is 1. The molecule has 0 aliphatic carbocycles. The van der Waals surface area contributed by atoms with Crippen LogP contribution in [-0.2, 0) is 5.54 Å². The summed E-state index contributed by atoms with van der Waals surface area (Å²) >= 11 is 0. The molecule has 0 saturated heterocycles. The van der Waals surface area contributed by atoms with Crippen molar-refractivity contribution in [3.05, 3.63) is 30.2 Å². The van der Waals surface area contributed by atoms with E-state index in [-0.39, 0.29) is 11.3 Å². The first-order valence-corrected chi connectivity index (χ1v) is 6.02. The summed E-state index contributed by atoms with van der Waals surface area (Å²) in [6.07, 6.45) is 1.76. The van der Waals surface area contributed by atoms with Crippen LogP contribution in [0.1, 0.15) is 20.8 Å². The second-order valence-electron chi connectivity index (χ2n) is 5.40. The predicted octanol–water partition coefficient (Wildman–Crippen LogP) is 3.04. The Morgan fingerprint density at radius 2 is 2.00 bits per heavy atom. The van der Waals surface area contributed by atoms with E-state index in [4.69, 9.17) is 10.5 Å². The highest BCUT2D eigenvalue weighted by Gasteiger charge is 2.18. The highest BCUT2D eigenvalue weighted by molar-refractivity contribution is 5.72. The Labute approximate surface area is 112 Å². The summed E-state index contributed by atoms with van der Waals surface area (Å²) in [6.45, 7) is 6.08. The lowest BCUT2D eigenvalue weighted by Gasteiger charge is -2.18. The fraction of sp³-hybridized carbons (Fsp3) is 0.357. The number of aromatic nitrogens is 2. The van der Waals surface area contributed by atoms with Crippen LogP contribution in [0.15, 0.2) is 24.4 Å². The molecule has 1 aromatic carbocycles. The Balaban J connectivity index is 2.48. The van der Waals surface area contributed by atoms with Gasteiger partial charge in [0.2, 0.25) is 0 Å². The quantitative estimate of drug-likeness (QED) is 0.906. The van der Waals surface area contributed by atoms with Crippen LogP contribution in [0.5, 0.6) is 5.75 Å².